The van der Waals surface area contributed by atoms with Gasteiger partial charge < -0.3 is 28.7 Å². The number of hydrogen-bond acceptors (Lipinski definition) is 7. The number of benzene rings is 3. The molecular formula is C30H31N3O6. The lowest BCUT2D eigenvalue weighted by Crippen LogP contribution is -2.41. The van der Waals surface area contributed by atoms with Gasteiger partial charge in [0.2, 0.25) is 6.29 Å². The van der Waals surface area contributed by atoms with E-state index in [9.17, 15) is 4.79 Å². The van der Waals surface area contributed by atoms with Crippen LogP contribution in [0.4, 0.5) is 10.5 Å². The molecule has 1 aliphatic heterocycles. The van der Waals surface area contributed by atoms with Gasteiger partial charge in [-0.3, -0.25) is 5.32 Å². The standard InChI is InChI=1S/C30H31N3O6/c1-30(19-39-29(34)31-23-15-14-22(35-2)16-24(23)36-3)17-37-28(38-18-30)27-32-25(20-10-6-4-7-11-20)26(33-27)21-12-8-5-9-13-21/h4-16,28H,17-19H2,1-3H3,(H,31,34)(H,32,33). The summed E-state index contributed by atoms with van der Waals surface area (Å²) < 4.78 is 28.2. The van der Waals surface area contributed by atoms with Gasteiger partial charge in [-0.2, -0.15) is 0 Å². The second-order valence-corrected chi connectivity index (χ2v) is 9.61. The summed E-state index contributed by atoms with van der Waals surface area (Å²) in [6, 6.07) is 25.1. The van der Waals surface area contributed by atoms with Gasteiger partial charge in [0.25, 0.3) is 0 Å². The van der Waals surface area contributed by atoms with Crippen LogP contribution in [0.5, 0.6) is 11.5 Å². The van der Waals surface area contributed by atoms with Gasteiger partial charge in [0, 0.05) is 22.6 Å². The first-order chi connectivity index (χ1) is 19.0. The minimum atomic E-state index is -0.671. The summed E-state index contributed by atoms with van der Waals surface area (Å²) in [5, 5.41) is 2.71. The predicted octanol–water partition coefficient (Wildman–Crippen LogP) is 6.06. The quantitative estimate of drug-likeness (QED) is 0.286. The molecule has 39 heavy (non-hydrogen) atoms. The average Bonchev–Trinajstić information content (AvgIpc) is 3.43. The number of nitrogens with zero attached hydrogens (tertiary/aromatic N) is 1. The van der Waals surface area contributed by atoms with E-state index < -0.39 is 17.8 Å². The van der Waals surface area contributed by atoms with Gasteiger partial charge in [0.15, 0.2) is 5.82 Å². The van der Waals surface area contributed by atoms with Crippen molar-refractivity contribution in [2.75, 3.05) is 39.4 Å². The van der Waals surface area contributed by atoms with Crippen molar-refractivity contribution < 1.29 is 28.5 Å². The summed E-state index contributed by atoms with van der Waals surface area (Å²) >= 11 is 0. The summed E-state index contributed by atoms with van der Waals surface area (Å²) in [5.74, 6) is 1.67. The van der Waals surface area contributed by atoms with Crippen molar-refractivity contribution in [1.82, 2.24) is 9.97 Å². The van der Waals surface area contributed by atoms with E-state index in [1.165, 1.54) is 7.11 Å². The number of hydrogen-bond donors (Lipinski definition) is 2. The Morgan fingerprint density at radius 2 is 1.64 bits per heavy atom. The van der Waals surface area contributed by atoms with E-state index in [0.29, 0.717) is 36.2 Å². The highest BCUT2D eigenvalue weighted by Crippen LogP contribution is 2.36. The van der Waals surface area contributed by atoms with Gasteiger partial charge in [-0.05, 0) is 12.1 Å². The fourth-order valence-electron chi connectivity index (χ4n) is 4.29. The molecule has 3 aromatic carbocycles. The molecule has 202 valence electrons. The lowest BCUT2D eigenvalue weighted by molar-refractivity contribution is -0.239. The second-order valence-electron chi connectivity index (χ2n) is 9.61. The molecule has 9 heteroatoms. The fourth-order valence-corrected chi connectivity index (χ4v) is 4.29. The minimum absolute atomic E-state index is 0.104. The van der Waals surface area contributed by atoms with Gasteiger partial charge >= 0.3 is 6.09 Å². The predicted molar refractivity (Wildman–Crippen MR) is 147 cm³/mol. The molecule has 1 fully saturated rings. The van der Waals surface area contributed by atoms with Gasteiger partial charge in [0.1, 0.15) is 18.1 Å². The maximum atomic E-state index is 12.5. The Morgan fingerprint density at radius 1 is 0.974 bits per heavy atom. The number of amides is 1. The molecule has 1 aromatic heterocycles. The first-order valence-corrected chi connectivity index (χ1v) is 12.6. The zero-order valence-corrected chi connectivity index (χ0v) is 22.1. The Morgan fingerprint density at radius 3 is 2.28 bits per heavy atom. The van der Waals surface area contributed by atoms with Crippen molar-refractivity contribution in [3.8, 4) is 34.0 Å². The number of nitrogens with one attached hydrogen (secondary N) is 2. The number of carbonyl (C=O) groups excluding carboxylic acids is 1. The molecule has 2 N–H and O–H groups in total. The second kappa shape index (κ2) is 11.6. The zero-order valence-electron chi connectivity index (χ0n) is 22.1. The van der Waals surface area contributed by atoms with Crippen LogP contribution < -0.4 is 14.8 Å². The van der Waals surface area contributed by atoms with Crippen LogP contribution in [-0.4, -0.2) is 50.1 Å². The Hall–Kier alpha value is -4.34. The number of aromatic amines is 1. The summed E-state index contributed by atoms with van der Waals surface area (Å²) in [6.07, 6.45) is -1.27. The third-order valence-corrected chi connectivity index (χ3v) is 6.42. The lowest BCUT2D eigenvalue weighted by atomic mass is 9.93. The van der Waals surface area contributed by atoms with Crippen molar-refractivity contribution in [2.24, 2.45) is 5.41 Å². The van der Waals surface area contributed by atoms with E-state index >= 15 is 0 Å². The Labute approximate surface area is 227 Å². The average molecular weight is 530 g/mol. The maximum absolute atomic E-state index is 12.5. The number of aromatic nitrogens is 2. The molecule has 0 spiro atoms. The molecule has 0 aliphatic carbocycles. The zero-order chi connectivity index (χ0) is 27.2. The first kappa shape index (κ1) is 26.3. The van der Waals surface area contributed by atoms with E-state index in [-0.39, 0.29) is 6.61 Å². The normalized spacial score (nSPS) is 18.8. The lowest BCUT2D eigenvalue weighted by Gasteiger charge is -2.36. The van der Waals surface area contributed by atoms with Crippen molar-refractivity contribution >= 4 is 11.8 Å². The molecule has 1 saturated heterocycles. The molecule has 1 amide bonds. The number of rotatable bonds is 8. The molecular weight excluding hydrogens is 498 g/mol. The van der Waals surface area contributed by atoms with E-state index in [1.54, 1.807) is 25.3 Å². The number of anilines is 1. The Balaban J connectivity index is 1.23. The Kier molecular flexibility index (Phi) is 7.81. The summed E-state index contributed by atoms with van der Waals surface area (Å²) in [6.45, 7) is 2.68. The molecule has 5 rings (SSSR count). The highest BCUT2D eigenvalue weighted by Gasteiger charge is 2.36. The van der Waals surface area contributed by atoms with E-state index in [2.05, 4.69) is 10.3 Å². The number of ether oxygens (including phenoxy) is 5. The van der Waals surface area contributed by atoms with Crippen LogP contribution >= 0.6 is 0 Å². The van der Waals surface area contributed by atoms with Crippen LogP contribution in [0.2, 0.25) is 0 Å². The summed E-state index contributed by atoms with van der Waals surface area (Å²) in [5.41, 5.74) is 3.68. The van der Waals surface area contributed by atoms with Gasteiger partial charge in [0.05, 0.1) is 44.5 Å². The largest absolute Gasteiger partial charge is 0.497 e. The smallest absolute Gasteiger partial charge is 0.411 e. The molecule has 1 aliphatic rings. The minimum Gasteiger partial charge on any atom is -0.497 e. The number of carbonyl (C=O) groups is 1. The van der Waals surface area contributed by atoms with Crippen LogP contribution in [0.15, 0.2) is 78.9 Å². The van der Waals surface area contributed by atoms with E-state index in [0.717, 1.165) is 22.5 Å². The SMILES string of the molecule is COc1ccc(NC(=O)OCC2(C)COC(c3nc(-c4ccccc4)c(-c4ccccc4)[nH]3)OC2)c(OC)c1. The topological polar surface area (TPSA) is 104 Å². The molecule has 0 unspecified atom stereocenters. The van der Waals surface area contributed by atoms with Gasteiger partial charge in [-0.25, -0.2) is 9.78 Å². The number of methoxy groups -OCH3 is 2. The van der Waals surface area contributed by atoms with Crippen molar-refractivity contribution in [1.29, 1.82) is 0 Å². The number of H-pyrrole nitrogens is 1. The molecule has 2 heterocycles. The first-order valence-electron chi connectivity index (χ1n) is 12.6. The highest BCUT2D eigenvalue weighted by molar-refractivity contribution is 5.87. The van der Waals surface area contributed by atoms with Crippen molar-refractivity contribution in [2.45, 2.75) is 13.2 Å². The summed E-state index contributed by atoms with van der Waals surface area (Å²) in [4.78, 5) is 20.8. The molecule has 4 aromatic rings. The van der Waals surface area contributed by atoms with Crippen molar-refractivity contribution in [3.63, 3.8) is 0 Å². The third-order valence-electron chi connectivity index (χ3n) is 6.42. The van der Waals surface area contributed by atoms with Crippen LogP contribution in [0.1, 0.15) is 19.0 Å². The molecule has 0 bridgehead atoms. The highest BCUT2D eigenvalue weighted by atomic mass is 16.7. The third kappa shape index (κ3) is 6.05. The Bertz CT molecular complexity index is 1340. The summed E-state index contributed by atoms with van der Waals surface area (Å²) in [7, 11) is 3.08. The molecule has 0 saturated carbocycles. The fraction of sp³-hybridized carbons (Fsp3) is 0.267. The van der Waals surface area contributed by atoms with Gasteiger partial charge in [-0.15, -0.1) is 0 Å². The van der Waals surface area contributed by atoms with E-state index in [1.807, 2.05) is 67.6 Å². The van der Waals surface area contributed by atoms with Crippen molar-refractivity contribution in [3.05, 3.63) is 84.7 Å². The molecule has 0 radical (unpaired) electrons. The number of imidazole rings is 1. The molecule has 0 atom stereocenters. The monoisotopic (exact) mass is 529 g/mol. The van der Waals surface area contributed by atoms with Crippen LogP contribution in [-0.2, 0) is 14.2 Å². The maximum Gasteiger partial charge on any atom is 0.411 e. The van der Waals surface area contributed by atoms with Crippen LogP contribution in [0.3, 0.4) is 0 Å². The van der Waals surface area contributed by atoms with E-state index in [4.69, 9.17) is 28.7 Å². The van der Waals surface area contributed by atoms with Crippen LogP contribution in [0.25, 0.3) is 22.5 Å². The van der Waals surface area contributed by atoms with Gasteiger partial charge in [-0.1, -0.05) is 67.6 Å². The van der Waals surface area contributed by atoms with Crippen LogP contribution in [0, 0.1) is 5.41 Å². The molecule has 9 nitrogen and oxygen atoms in total.